The van der Waals surface area contributed by atoms with Crippen LogP contribution in [0.2, 0.25) is 0 Å². The SMILES string of the molecule is CCC(C)c1[c-]cccc1.[Cl-].[Mg+2]. The van der Waals surface area contributed by atoms with Crippen LogP contribution in [0.1, 0.15) is 31.7 Å². The Hall–Kier alpha value is 0.276. The van der Waals surface area contributed by atoms with Gasteiger partial charge in [-0.25, -0.2) is 0 Å². The van der Waals surface area contributed by atoms with Gasteiger partial charge in [0.25, 0.3) is 0 Å². The van der Waals surface area contributed by atoms with Crippen molar-refractivity contribution in [3.8, 4) is 0 Å². The molecule has 62 valence electrons. The van der Waals surface area contributed by atoms with E-state index in [9.17, 15) is 0 Å². The van der Waals surface area contributed by atoms with Crippen LogP contribution in [-0.4, -0.2) is 23.1 Å². The molecule has 2 heteroatoms. The molecule has 0 spiro atoms. The van der Waals surface area contributed by atoms with Gasteiger partial charge < -0.3 is 12.4 Å². The zero-order valence-corrected chi connectivity index (χ0v) is 9.85. The Morgan fingerprint density at radius 3 is 2.50 bits per heavy atom. The Kier molecular flexibility index (Phi) is 9.73. The minimum Gasteiger partial charge on any atom is -1.00 e. The summed E-state index contributed by atoms with van der Waals surface area (Å²) in [4.78, 5) is 0. The van der Waals surface area contributed by atoms with Crippen LogP contribution >= 0.6 is 0 Å². The molecule has 0 saturated carbocycles. The first kappa shape index (κ1) is 14.8. The maximum atomic E-state index is 3.22. The molecular formula is C10H13ClMg. The standard InChI is InChI=1S/C10H13.ClH.Mg/c1-3-9(2)10-7-5-4-6-8-10;;/h4-7,9H,3H2,1-2H3;1H;/q-1;;+2/p-1. The second-order valence-electron chi connectivity index (χ2n) is 2.63. The van der Waals surface area contributed by atoms with Gasteiger partial charge in [0.15, 0.2) is 0 Å². The van der Waals surface area contributed by atoms with E-state index in [2.05, 4.69) is 32.0 Å². The normalized spacial score (nSPS) is 10.8. The third-order valence-corrected chi connectivity index (χ3v) is 1.88. The Morgan fingerprint density at radius 2 is 2.08 bits per heavy atom. The Bertz CT molecular complexity index is 186. The van der Waals surface area contributed by atoms with Crippen molar-refractivity contribution in [3.63, 3.8) is 0 Å². The summed E-state index contributed by atoms with van der Waals surface area (Å²) in [7, 11) is 0. The average Bonchev–Trinajstić information content (AvgIpc) is 2.05. The first-order chi connectivity index (χ1) is 4.84. The van der Waals surface area contributed by atoms with Crippen molar-refractivity contribution in [3.05, 3.63) is 35.9 Å². The molecule has 0 aromatic heterocycles. The van der Waals surface area contributed by atoms with Crippen molar-refractivity contribution in [2.24, 2.45) is 0 Å². The maximum absolute atomic E-state index is 3.22. The van der Waals surface area contributed by atoms with Crippen LogP contribution < -0.4 is 12.4 Å². The van der Waals surface area contributed by atoms with Gasteiger partial charge in [-0.2, -0.15) is 35.9 Å². The number of hydrogen-bond acceptors (Lipinski definition) is 0. The number of hydrogen-bond donors (Lipinski definition) is 0. The molecule has 0 radical (unpaired) electrons. The van der Waals surface area contributed by atoms with Gasteiger partial charge >= 0.3 is 23.1 Å². The van der Waals surface area contributed by atoms with E-state index in [0.717, 1.165) is 0 Å². The Labute approximate surface area is 97.3 Å². The molecule has 0 nitrogen and oxygen atoms in total. The molecule has 0 N–H and O–H groups in total. The second kappa shape index (κ2) is 7.90. The maximum Gasteiger partial charge on any atom is 2.00 e. The minimum atomic E-state index is 0. The smallest absolute Gasteiger partial charge is 1.00 e. The van der Waals surface area contributed by atoms with Crippen molar-refractivity contribution in [2.75, 3.05) is 0 Å². The zero-order valence-electron chi connectivity index (χ0n) is 7.68. The summed E-state index contributed by atoms with van der Waals surface area (Å²) in [6, 6.07) is 11.4. The van der Waals surface area contributed by atoms with Gasteiger partial charge in [-0.15, -0.1) is 0 Å². The summed E-state index contributed by atoms with van der Waals surface area (Å²) in [5.74, 6) is 0.654. The van der Waals surface area contributed by atoms with Gasteiger partial charge in [0, 0.05) is 0 Å². The number of halogens is 1. The molecule has 12 heavy (non-hydrogen) atoms. The largest absolute Gasteiger partial charge is 2.00 e. The predicted molar refractivity (Wildman–Crippen MR) is 49.7 cm³/mol. The van der Waals surface area contributed by atoms with Gasteiger partial charge in [0.1, 0.15) is 0 Å². The monoisotopic (exact) mass is 192 g/mol. The zero-order chi connectivity index (χ0) is 7.40. The molecule has 0 bridgehead atoms. The summed E-state index contributed by atoms with van der Waals surface area (Å²) in [6.07, 6.45) is 1.19. The van der Waals surface area contributed by atoms with E-state index in [1.165, 1.54) is 12.0 Å². The second-order valence-corrected chi connectivity index (χ2v) is 2.63. The molecule has 0 fully saturated rings. The van der Waals surface area contributed by atoms with E-state index in [-0.39, 0.29) is 35.5 Å². The van der Waals surface area contributed by atoms with Crippen molar-refractivity contribution >= 4 is 23.1 Å². The molecule has 1 aromatic carbocycles. The average molecular weight is 193 g/mol. The van der Waals surface area contributed by atoms with E-state index in [1.807, 2.05) is 12.1 Å². The third kappa shape index (κ3) is 4.34. The van der Waals surface area contributed by atoms with Gasteiger partial charge in [0.05, 0.1) is 0 Å². The van der Waals surface area contributed by atoms with Gasteiger partial charge in [-0.3, -0.25) is 0 Å². The van der Waals surface area contributed by atoms with Crippen molar-refractivity contribution in [1.29, 1.82) is 0 Å². The van der Waals surface area contributed by atoms with Gasteiger partial charge in [-0.05, 0) is 5.92 Å². The van der Waals surface area contributed by atoms with Gasteiger partial charge in [-0.1, -0.05) is 20.3 Å². The van der Waals surface area contributed by atoms with Crippen LogP contribution in [0, 0.1) is 6.07 Å². The minimum absolute atomic E-state index is 0. The van der Waals surface area contributed by atoms with Crippen LogP contribution in [0.15, 0.2) is 24.3 Å². The van der Waals surface area contributed by atoms with Crippen molar-refractivity contribution < 1.29 is 12.4 Å². The summed E-state index contributed by atoms with van der Waals surface area (Å²) >= 11 is 0. The van der Waals surface area contributed by atoms with Crippen LogP contribution in [-0.2, 0) is 0 Å². The summed E-state index contributed by atoms with van der Waals surface area (Å²) in [5.41, 5.74) is 1.32. The molecule has 0 saturated heterocycles. The Balaban J connectivity index is 0. The van der Waals surface area contributed by atoms with E-state index in [0.29, 0.717) is 5.92 Å². The topological polar surface area (TPSA) is 0 Å². The quantitative estimate of drug-likeness (QED) is 0.443. The fraction of sp³-hybridized carbons (Fsp3) is 0.400. The predicted octanol–water partition coefficient (Wildman–Crippen LogP) is -0.377. The number of benzene rings is 1. The first-order valence-electron chi connectivity index (χ1n) is 3.81. The third-order valence-electron chi connectivity index (χ3n) is 1.88. The van der Waals surface area contributed by atoms with Crippen LogP contribution in [0.4, 0.5) is 0 Å². The van der Waals surface area contributed by atoms with Crippen LogP contribution in [0.3, 0.4) is 0 Å². The summed E-state index contributed by atoms with van der Waals surface area (Å²) in [5, 5.41) is 0. The van der Waals surface area contributed by atoms with Crippen LogP contribution in [0.25, 0.3) is 0 Å². The molecule has 0 aliphatic heterocycles. The van der Waals surface area contributed by atoms with Crippen molar-refractivity contribution in [1.82, 2.24) is 0 Å². The van der Waals surface area contributed by atoms with Gasteiger partial charge in [0.2, 0.25) is 0 Å². The molecule has 0 amide bonds. The molecule has 0 aliphatic carbocycles. The van der Waals surface area contributed by atoms with E-state index >= 15 is 0 Å². The van der Waals surface area contributed by atoms with E-state index < -0.39 is 0 Å². The molecule has 1 atom stereocenters. The van der Waals surface area contributed by atoms with Crippen molar-refractivity contribution in [2.45, 2.75) is 26.2 Å². The summed E-state index contributed by atoms with van der Waals surface area (Å²) < 4.78 is 0. The molecule has 1 rings (SSSR count). The molecule has 0 aliphatic rings. The molecule has 0 heterocycles. The molecule has 1 aromatic rings. The Morgan fingerprint density at radius 1 is 1.42 bits per heavy atom. The number of rotatable bonds is 2. The fourth-order valence-electron chi connectivity index (χ4n) is 0.934. The fourth-order valence-corrected chi connectivity index (χ4v) is 0.934. The first-order valence-corrected chi connectivity index (χ1v) is 3.81. The van der Waals surface area contributed by atoms with E-state index in [4.69, 9.17) is 0 Å². The molecular weight excluding hydrogens is 180 g/mol. The summed E-state index contributed by atoms with van der Waals surface area (Å²) in [6.45, 7) is 4.43. The molecule has 1 unspecified atom stereocenters. The van der Waals surface area contributed by atoms with E-state index in [1.54, 1.807) is 0 Å². The van der Waals surface area contributed by atoms with Crippen LogP contribution in [0.5, 0.6) is 0 Å².